The molecule has 68 valence electrons. The van der Waals surface area contributed by atoms with E-state index in [1.807, 2.05) is 11.8 Å². The first-order valence-electron chi connectivity index (χ1n) is 3.31. The molecule has 1 aromatic rings. The van der Waals surface area contributed by atoms with Crippen LogP contribution in [0.2, 0.25) is 0 Å². The Kier molecular flexibility index (Phi) is 4.64. The fraction of sp³-hybridized carbons (Fsp3) is 0.500. The van der Waals surface area contributed by atoms with Crippen molar-refractivity contribution in [2.45, 2.75) is 12.8 Å². The van der Waals surface area contributed by atoms with Crippen molar-refractivity contribution in [3.05, 3.63) is 13.9 Å². The van der Waals surface area contributed by atoms with E-state index in [4.69, 9.17) is 0 Å². The lowest BCUT2D eigenvalue weighted by Crippen LogP contribution is -1.95. The fourth-order valence-corrected chi connectivity index (χ4v) is 3.34. The van der Waals surface area contributed by atoms with Crippen molar-refractivity contribution < 1.29 is 0 Å². The predicted molar refractivity (Wildman–Crippen MR) is 63.5 cm³/mol. The Morgan fingerprint density at radius 2 is 2.08 bits per heavy atom. The van der Waals surface area contributed by atoms with E-state index in [-0.39, 0.29) is 0 Å². The molecule has 0 aliphatic rings. The maximum Gasteiger partial charge on any atom is 0.179 e. The first kappa shape index (κ1) is 11.1. The van der Waals surface area contributed by atoms with Gasteiger partial charge in [-0.3, -0.25) is 0 Å². The van der Waals surface area contributed by atoms with E-state index in [9.17, 15) is 0 Å². The van der Waals surface area contributed by atoms with Crippen LogP contribution in [0.5, 0.6) is 0 Å². The van der Waals surface area contributed by atoms with Gasteiger partial charge in [-0.2, -0.15) is 0 Å². The van der Waals surface area contributed by atoms with E-state index in [2.05, 4.69) is 64.3 Å². The van der Waals surface area contributed by atoms with Gasteiger partial charge in [0.2, 0.25) is 0 Å². The Hall–Kier alpha value is 1.000. The van der Waals surface area contributed by atoms with Gasteiger partial charge < -0.3 is 4.57 Å². The summed E-state index contributed by atoms with van der Waals surface area (Å²) in [6.45, 7) is 2.14. The number of hydrogen-bond donors (Lipinski definition) is 0. The van der Waals surface area contributed by atoms with Crippen molar-refractivity contribution in [3.63, 3.8) is 0 Å². The molecular formula is C6H7Br3N2S. The zero-order chi connectivity index (χ0) is 9.14. The molecule has 0 aromatic carbocycles. The van der Waals surface area contributed by atoms with Crippen molar-refractivity contribution in [2.75, 3.05) is 5.75 Å². The number of rotatable bonds is 3. The van der Waals surface area contributed by atoms with Gasteiger partial charge in [-0.1, -0.05) is 6.92 Å². The van der Waals surface area contributed by atoms with Crippen LogP contribution in [0.1, 0.15) is 6.92 Å². The SMILES string of the molecule is CCSCn1c(Br)nc(Br)c1Br. The summed E-state index contributed by atoms with van der Waals surface area (Å²) in [4.78, 5) is 4.20. The second kappa shape index (κ2) is 5.02. The highest BCUT2D eigenvalue weighted by atomic mass is 79.9. The summed E-state index contributed by atoms with van der Waals surface area (Å²) >= 11 is 12.0. The summed E-state index contributed by atoms with van der Waals surface area (Å²) < 4.78 is 4.72. The molecule has 0 saturated heterocycles. The zero-order valence-corrected chi connectivity index (χ0v) is 11.9. The Bertz CT molecular complexity index is 274. The van der Waals surface area contributed by atoms with Crippen LogP contribution in [-0.2, 0) is 5.88 Å². The predicted octanol–water partition coefficient (Wildman–Crippen LogP) is 3.88. The molecule has 0 aliphatic carbocycles. The summed E-state index contributed by atoms with van der Waals surface area (Å²) in [5.74, 6) is 2.02. The molecule has 0 atom stereocenters. The molecule has 2 nitrogen and oxygen atoms in total. The van der Waals surface area contributed by atoms with Crippen molar-refractivity contribution in [2.24, 2.45) is 0 Å². The Morgan fingerprint density at radius 1 is 1.42 bits per heavy atom. The molecule has 0 saturated carbocycles. The van der Waals surface area contributed by atoms with E-state index in [1.165, 1.54) is 0 Å². The monoisotopic (exact) mass is 376 g/mol. The molecule has 6 heteroatoms. The molecule has 0 spiro atoms. The first-order valence-corrected chi connectivity index (χ1v) is 6.85. The smallest absolute Gasteiger partial charge is 0.179 e. The fourth-order valence-electron chi connectivity index (χ4n) is 0.672. The Balaban J connectivity index is 2.82. The summed E-state index contributed by atoms with van der Waals surface area (Å²) in [5.41, 5.74) is 0. The van der Waals surface area contributed by atoms with E-state index >= 15 is 0 Å². The molecule has 12 heavy (non-hydrogen) atoms. The summed E-state index contributed by atoms with van der Waals surface area (Å²) in [5, 5.41) is 0. The summed E-state index contributed by atoms with van der Waals surface area (Å²) in [7, 11) is 0. The molecule has 0 fully saturated rings. The van der Waals surface area contributed by atoms with Gasteiger partial charge in [-0.05, 0) is 53.5 Å². The molecular weight excluding hydrogens is 372 g/mol. The number of aromatic nitrogens is 2. The highest BCUT2D eigenvalue weighted by molar-refractivity contribution is 9.13. The highest BCUT2D eigenvalue weighted by Gasteiger charge is 2.09. The maximum atomic E-state index is 4.20. The second-order valence-corrected chi connectivity index (χ2v) is 5.47. The average molecular weight is 379 g/mol. The second-order valence-electron chi connectivity index (χ2n) is 2.01. The molecule has 0 unspecified atom stereocenters. The van der Waals surface area contributed by atoms with Crippen LogP contribution in [0.25, 0.3) is 0 Å². The van der Waals surface area contributed by atoms with Gasteiger partial charge in [0.15, 0.2) is 4.73 Å². The normalized spacial score (nSPS) is 10.7. The van der Waals surface area contributed by atoms with Crippen LogP contribution < -0.4 is 0 Å². The van der Waals surface area contributed by atoms with Crippen LogP contribution in [-0.4, -0.2) is 15.3 Å². The topological polar surface area (TPSA) is 17.8 Å². The molecule has 1 rings (SSSR count). The van der Waals surface area contributed by atoms with Crippen LogP contribution >= 0.6 is 59.6 Å². The average Bonchev–Trinajstić information content (AvgIpc) is 2.25. The van der Waals surface area contributed by atoms with Gasteiger partial charge in [0.1, 0.15) is 9.21 Å². The molecule has 1 aromatic heterocycles. The number of halogens is 3. The van der Waals surface area contributed by atoms with Gasteiger partial charge in [-0.15, -0.1) is 11.8 Å². The molecule has 0 amide bonds. The molecule has 0 aliphatic heterocycles. The number of imidazole rings is 1. The molecule has 0 N–H and O–H groups in total. The minimum atomic E-state index is 0.839. The minimum absolute atomic E-state index is 0.839. The van der Waals surface area contributed by atoms with E-state index < -0.39 is 0 Å². The van der Waals surface area contributed by atoms with Crippen molar-refractivity contribution >= 4 is 59.6 Å². The van der Waals surface area contributed by atoms with Crippen LogP contribution in [0.4, 0.5) is 0 Å². The zero-order valence-electron chi connectivity index (χ0n) is 6.35. The van der Waals surface area contributed by atoms with E-state index in [1.54, 1.807) is 0 Å². The van der Waals surface area contributed by atoms with Crippen LogP contribution in [0.15, 0.2) is 13.9 Å². The van der Waals surface area contributed by atoms with Gasteiger partial charge >= 0.3 is 0 Å². The molecule has 0 bridgehead atoms. The minimum Gasteiger partial charge on any atom is -0.302 e. The lowest BCUT2D eigenvalue weighted by molar-refractivity contribution is 0.839. The van der Waals surface area contributed by atoms with Crippen molar-refractivity contribution in [1.29, 1.82) is 0 Å². The van der Waals surface area contributed by atoms with Gasteiger partial charge in [0.05, 0.1) is 5.88 Å². The Labute approximate surface area is 101 Å². The standard InChI is InChI=1S/C6H7Br3N2S/c1-2-12-3-11-5(8)4(7)10-6(11)9/h2-3H2,1H3. The van der Waals surface area contributed by atoms with Crippen molar-refractivity contribution in [1.82, 2.24) is 9.55 Å². The number of thioether (sulfide) groups is 1. The highest BCUT2D eigenvalue weighted by Crippen LogP contribution is 2.28. The van der Waals surface area contributed by atoms with Crippen molar-refractivity contribution in [3.8, 4) is 0 Å². The molecule has 0 radical (unpaired) electrons. The third kappa shape index (κ3) is 2.49. The lowest BCUT2D eigenvalue weighted by Gasteiger charge is -2.03. The van der Waals surface area contributed by atoms with Crippen LogP contribution in [0.3, 0.4) is 0 Å². The van der Waals surface area contributed by atoms with Gasteiger partial charge in [-0.25, -0.2) is 4.98 Å². The van der Waals surface area contributed by atoms with Gasteiger partial charge in [0, 0.05) is 0 Å². The van der Waals surface area contributed by atoms with Gasteiger partial charge in [0.25, 0.3) is 0 Å². The van der Waals surface area contributed by atoms with E-state index in [0.717, 1.165) is 25.6 Å². The first-order chi connectivity index (χ1) is 5.66. The quantitative estimate of drug-likeness (QED) is 0.794. The largest absolute Gasteiger partial charge is 0.302 e. The third-order valence-corrected chi connectivity index (χ3v) is 4.59. The summed E-state index contributed by atoms with van der Waals surface area (Å²) in [6, 6.07) is 0. The Morgan fingerprint density at radius 3 is 2.50 bits per heavy atom. The maximum absolute atomic E-state index is 4.20. The van der Waals surface area contributed by atoms with Crippen LogP contribution in [0, 0.1) is 0 Å². The lowest BCUT2D eigenvalue weighted by atomic mass is 10.9. The third-order valence-electron chi connectivity index (χ3n) is 1.24. The number of nitrogens with zero attached hydrogens (tertiary/aromatic N) is 2. The number of hydrogen-bond acceptors (Lipinski definition) is 2. The summed E-state index contributed by atoms with van der Waals surface area (Å²) in [6.07, 6.45) is 0. The molecule has 1 heterocycles. The van der Waals surface area contributed by atoms with E-state index in [0.29, 0.717) is 0 Å².